The van der Waals surface area contributed by atoms with Gasteiger partial charge in [0.1, 0.15) is 40.6 Å². The molecule has 0 fully saturated rings. The van der Waals surface area contributed by atoms with Crippen LogP contribution in [0.4, 0.5) is 35.1 Å². The first-order chi connectivity index (χ1) is 23.3. The highest BCUT2D eigenvalue weighted by Crippen LogP contribution is 2.41. The molecular weight excluding hydrogens is 720 g/mol. The van der Waals surface area contributed by atoms with E-state index >= 15 is 35.1 Å². The van der Waals surface area contributed by atoms with Gasteiger partial charge in [0.25, 0.3) is 0 Å². The molecule has 2 aliphatic rings. The molecule has 0 saturated heterocycles. The van der Waals surface area contributed by atoms with E-state index in [1.54, 1.807) is 0 Å². The van der Waals surface area contributed by atoms with Gasteiger partial charge in [0.05, 0.1) is 16.7 Å². The SMILES string of the molecule is [C-]#[N+]C([N+]#[C-])=C1C=c2c(c(-c3c(F)c(F)c(S(C)(=O)=O)c(F)c3F)c3c(c2-c2c(F)c(F)c(S(C)(=O)=O)c(F)c2F)CC(=C(C#N)C#N)C=3)C1. The molecular formula is C32H12F8N4O4S2. The topological polar surface area (TPSA) is 125 Å². The van der Waals surface area contributed by atoms with Crippen molar-refractivity contribution in [3.63, 3.8) is 0 Å². The fraction of sp³-hybridized carbons (Fsp3) is 0.125. The molecule has 0 aliphatic heterocycles. The fourth-order valence-corrected chi connectivity index (χ4v) is 7.60. The van der Waals surface area contributed by atoms with Crippen LogP contribution < -0.4 is 10.4 Å². The number of nitriles is 2. The van der Waals surface area contributed by atoms with E-state index in [-0.39, 0.29) is 23.7 Å². The molecule has 0 bridgehead atoms. The molecule has 0 radical (unpaired) electrons. The van der Waals surface area contributed by atoms with Gasteiger partial charge in [-0.15, -0.1) is 0 Å². The van der Waals surface area contributed by atoms with Gasteiger partial charge in [-0.1, -0.05) is 6.08 Å². The number of allylic oxidation sites excluding steroid dienone is 3. The smallest absolute Gasteiger partial charge is 0.224 e. The van der Waals surface area contributed by atoms with Gasteiger partial charge in [0.2, 0.25) is 0 Å². The number of halogens is 8. The van der Waals surface area contributed by atoms with E-state index in [1.807, 2.05) is 0 Å². The largest absolute Gasteiger partial charge is 0.522 e. The quantitative estimate of drug-likeness (QED) is 0.161. The molecule has 252 valence electrons. The van der Waals surface area contributed by atoms with Crippen LogP contribution in [0.25, 0.3) is 44.1 Å². The Labute approximate surface area is 276 Å². The van der Waals surface area contributed by atoms with E-state index in [9.17, 15) is 27.4 Å². The molecule has 0 atom stereocenters. The Morgan fingerprint density at radius 1 is 0.600 bits per heavy atom. The predicted octanol–water partition coefficient (Wildman–Crippen LogP) is 5.01. The van der Waals surface area contributed by atoms with E-state index in [0.29, 0.717) is 0 Å². The second-order valence-corrected chi connectivity index (χ2v) is 14.7. The van der Waals surface area contributed by atoms with Crippen LogP contribution in [0, 0.1) is 82.3 Å². The van der Waals surface area contributed by atoms with Crippen molar-refractivity contribution in [2.75, 3.05) is 12.5 Å². The lowest BCUT2D eigenvalue weighted by atomic mass is 9.86. The summed E-state index contributed by atoms with van der Waals surface area (Å²) < 4.78 is 173. The molecule has 3 aromatic rings. The van der Waals surface area contributed by atoms with Gasteiger partial charge in [0.15, 0.2) is 66.2 Å². The third-order valence-corrected chi connectivity index (χ3v) is 10.1. The minimum Gasteiger partial charge on any atom is -0.224 e. The molecule has 2 aliphatic carbocycles. The molecule has 50 heavy (non-hydrogen) atoms. The zero-order valence-corrected chi connectivity index (χ0v) is 26.5. The Balaban J connectivity index is 2.16. The molecule has 0 N–H and O–H groups in total. The summed E-state index contributed by atoms with van der Waals surface area (Å²) in [6, 6.07) is 3.01. The van der Waals surface area contributed by atoms with Crippen LogP contribution in [0.1, 0.15) is 11.1 Å². The van der Waals surface area contributed by atoms with Crippen LogP contribution in [0.3, 0.4) is 0 Å². The first-order valence-corrected chi connectivity index (χ1v) is 17.1. The van der Waals surface area contributed by atoms with Crippen LogP contribution >= 0.6 is 0 Å². The third kappa shape index (κ3) is 5.12. The summed E-state index contributed by atoms with van der Waals surface area (Å²) in [6.07, 6.45) is 0.710. The zero-order valence-electron chi connectivity index (χ0n) is 24.8. The maximum Gasteiger partial charge on any atom is 0.522 e. The van der Waals surface area contributed by atoms with Crippen LogP contribution in [0.2, 0.25) is 0 Å². The normalized spacial score (nSPS) is 13.3. The summed E-state index contributed by atoms with van der Waals surface area (Å²) in [4.78, 5) is 2.03. The molecule has 0 spiro atoms. The van der Waals surface area contributed by atoms with Crippen molar-refractivity contribution < 1.29 is 52.0 Å². The molecule has 5 rings (SSSR count). The average molecular weight is 733 g/mol. The number of rotatable bonds is 4. The maximum absolute atomic E-state index is 15.9. The first kappa shape index (κ1) is 35.5. The number of nitrogens with zero attached hydrogens (tertiary/aromatic N) is 4. The minimum absolute atomic E-state index is 0.256. The van der Waals surface area contributed by atoms with Crippen molar-refractivity contribution in [1.29, 1.82) is 10.5 Å². The van der Waals surface area contributed by atoms with Gasteiger partial charge >= 0.3 is 5.82 Å². The van der Waals surface area contributed by atoms with Gasteiger partial charge in [0, 0.05) is 18.9 Å². The van der Waals surface area contributed by atoms with Gasteiger partial charge in [-0.05, 0) is 50.8 Å². The summed E-state index contributed by atoms with van der Waals surface area (Å²) in [7, 11) is -9.91. The monoisotopic (exact) mass is 732 g/mol. The zero-order chi connectivity index (χ0) is 37.4. The lowest BCUT2D eigenvalue weighted by Crippen LogP contribution is -2.26. The molecule has 0 heterocycles. The highest BCUT2D eigenvalue weighted by atomic mass is 32.2. The van der Waals surface area contributed by atoms with Gasteiger partial charge in [-0.25, -0.2) is 52.0 Å². The molecule has 8 nitrogen and oxygen atoms in total. The summed E-state index contributed by atoms with van der Waals surface area (Å²) in [5.74, 6) is -19.4. The van der Waals surface area contributed by atoms with Crippen LogP contribution in [0.5, 0.6) is 0 Å². The number of fused-ring (bicyclic) bond motifs is 2. The molecule has 0 aromatic heterocycles. The minimum atomic E-state index is -4.95. The molecule has 0 unspecified atom stereocenters. The standard InChI is InChI=1S/C32H12F8N4O4S2/c1-43-32(44-2)12-7-16-17(8-12)19(21-24(35)28(39)31(50(4,47)48)29(40)25(21)36)15-6-11(13(9-41)10-42)5-14(15)18(16)20-22(33)26(37)30(49(3,45)46)27(38)23(20)34/h5,8H,6-7H2,3-4H3. The Morgan fingerprint density at radius 2 is 0.920 bits per heavy atom. The van der Waals surface area contributed by atoms with Crippen LogP contribution in [0.15, 0.2) is 32.3 Å². The summed E-state index contributed by atoms with van der Waals surface area (Å²) in [5.41, 5.74) is -7.33. The predicted molar refractivity (Wildman–Crippen MR) is 157 cm³/mol. The fourth-order valence-electron chi connectivity index (χ4n) is 5.94. The average Bonchev–Trinajstić information content (AvgIpc) is 3.65. The number of hydrogen-bond donors (Lipinski definition) is 0. The Bertz CT molecular complexity index is 2500. The van der Waals surface area contributed by atoms with E-state index in [0.717, 1.165) is 12.2 Å². The molecule has 18 heteroatoms. The summed E-state index contributed by atoms with van der Waals surface area (Å²) in [6.45, 7) is 14.7. The van der Waals surface area contributed by atoms with E-state index in [1.165, 1.54) is 12.1 Å². The van der Waals surface area contributed by atoms with Crippen molar-refractivity contribution in [3.8, 4) is 34.4 Å². The second kappa shape index (κ2) is 11.9. The Hall–Kier alpha value is -5.82. The lowest BCUT2D eigenvalue weighted by Gasteiger charge is -2.19. The molecule has 3 aromatic carbocycles. The van der Waals surface area contributed by atoms with E-state index in [2.05, 4.69) is 9.69 Å². The highest BCUT2D eigenvalue weighted by Gasteiger charge is 2.39. The molecule has 0 amide bonds. The summed E-state index contributed by atoms with van der Waals surface area (Å²) in [5, 5.41) is 17.8. The number of benzene rings is 3. The van der Waals surface area contributed by atoms with Crippen molar-refractivity contribution in [2.24, 2.45) is 0 Å². The lowest BCUT2D eigenvalue weighted by molar-refractivity contribution is 0.423. The third-order valence-electron chi connectivity index (χ3n) is 7.90. The Morgan fingerprint density at radius 3 is 1.22 bits per heavy atom. The maximum atomic E-state index is 15.9. The van der Waals surface area contributed by atoms with Gasteiger partial charge < -0.3 is 0 Å². The Kier molecular flexibility index (Phi) is 8.48. The molecule has 0 saturated carbocycles. The first-order valence-electron chi connectivity index (χ1n) is 13.3. The second-order valence-electron chi connectivity index (χ2n) is 10.8. The van der Waals surface area contributed by atoms with Gasteiger partial charge in [-0.2, -0.15) is 20.2 Å². The van der Waals surface area contributed by atoms with Crippen molar-refractivity contribution >= 4 is 31.8 Å². The summed E-state index contributed by atoms with van der Waals surface area (Å²) >= 11 is 0. The van der Waals surface area contributed by atoms with Crippen LogP contribution in [-0.4, -0.2) is 29.3 Å². The van der Waals surface area contributed by atoms with Crippen molar-refractivity contribution in [1.82, 2.24) is 0 Å². The number of sulfone groups is 2. The van der Waals surface area contributed by atoms with E-state index < -0.39 is 144 Å². The highest BCUT2D eigenvalue weighted by molar-refractivity contribution is 7.91. The van der Waals surface area contributed by atoms with E-state index in [4.69, 9.17) is 13.1 Å². The van der Waals surface area contributed by atoms with Crippen LogP contribution in [-0.2, 0) is 32.5 Å². The number of hydrogen-bond acceptors (Lipinski definition) is 6. The van der Waals surface area contributed by atoms with Crippen molar-refractivity contribution in [3.05, 3.63) is 113 Å². The van der Waals surface area contributed by atoms with Crippen molar-refractivity contribution in [2.45, 2.75) is 22.6 Å². The van der Waals surface area contributed by atoms with Gasteiger partial charge in [-0.3, -0.25) is 0 Å².